The van der Waals surface area contributed by atoms with Gasteiger partial charge in [0.05, 0.1) is 13.2 Å². The van der Waals surface area contributed by atoms with Crippen LogP contribution in [0.3, 0.4) is 0 Å². The molecular formula is C21H32O4Si. The van der Waals surface area contributed by atoms with Crippen molar-refractivity contribution in [3.8, 4) is 5.75 Å². The number of cyclic esters (lactones) is 1. The number of rotatable bonds is 8. The van der Waals surface area contributed by atoms with Gasteiger partial charge in [0, 0.05) is 19.2 Å². The van der Waals surface area contributed by atoms with Crippen LogP contribution in [0.1, 0.15) is 46.5 Å². The van der Waals surface area contributed by atoms with E-state index in [1.807, 2.05) is 13.0 Å². The van der Waals surface area contributed by atoms with E-state index in [2.05, 4.69) is 33.5 Å². The van der Waals surface area contributed by atoms with Gasteiger partial charge in [-0.1, -0.05) is 38.2 Å². The van der Waals surface area contributed by atoms with Gasteiger partial charge in [0.25, 0.3) is 0 Å². The predicted molar refractivity (Wildman–Crippen MR) is 108 cm³/mol. The Morgan fingerprint density at radius 2 is 2.00 bits per heavy atom. The Kier molecular flexibility index (Phi) is 6.69. The molecule has 1 heterocycles. The number of aliphatic hydroxyl groups excluding tert-OH is 1. The van der Waals surface area contributed by atoms with Gasteiger partial charge >= 0.3 is 5.97 Å². The maximum absolute atomic E-state index is 12.4. The Balaban J connectivity index is 2.53. The van der Waals surface area contributed by atoms with Gasteiger partial charge in [-0.3, -0.25) is 0 Å². The fourth-order valence-corrected chi connectivity index (χ4v) is 4.00. The number of esters is 1. The lowest BCUT2D eigenvalue weighted by molar-refractivity contribution is 0.0532. The van der Waals surface area contributed by atoms with Crippen LogP contribution in [0.2, 0.25) is 25.7 Å². The van der Waals surface area contributed by atoms with E-state index in [1.165, 1.54) is 5.56 Å². The molecular weight excluding hydrogens is 344 g/mol. The number of aliphatic hydroxyl groups is 1. The van der Waals surface area contributed by atoms with Crippen molar-refractivity contribution in [3.05, 3.63) is 39.5 Å². The van der Waals surface area contributed by atoms with E-state index in [0.717, 1.165) is 34.7 Å². The molecule has 0 radical (unpaired) electrons. The van der Waals surface area contributed by atoms with Crippen molar-refractivity contribution in [2.75, 3.05) is 13.2 Å². The second kappa shape index (κ2) is 8.40. The van der Waals surface area contributed by atoms with E-state index in [1.54, 1.807) is 0 Å². The largest absolute Gasteiger partial charge is 0.493 e. The lowest BCUT2D eigenvalue weighted by Crippen LogP contribution is -2.23. The van der Waals surface area contributed by atoms with Gasteiger partial charge in [-0.15, -0.1) is 0 Å². The first kappa shape index (κ1) is 20.7. The summed E-state index contributed by atoms with van der Waals surface area (Å²) in [4.78, 5) is 12.4. The summed E-state index contributed by atoms with van der Waals surface area (Å²) in [7, 11) is -1.23. The van der Waals surface area contributed by atoms with E-state index >= 15 is 0 Å². The molecule has 4 nitrogen and oxygen atoms in total. The van der Waals surface area contributed by atoms with Crippen molar-refractivity contribution >= 4 is 14.0 Å². The fourth-order valence-electron chi connectivity index (χ4n) is 3.28. The Morgan fingerprint density at radius 1 is 1.31 bits per heavy atom. The average molecular weight is 377 g/mol. The Hall–Kier alpha value is -1.59. The van der Waals surface area contributed by atoms with E-state index in [4.69, 9.17) is 9.47 Å². The zero-order chi connectivity index (χ0) is 19.5. The summed E-state index contributed by atoms with van der Waals surface area (Å²) in [5.41, 5.74) is 5.93. The molecule has 0 bridgehead atoms. The highest BCUT2D eigenvalue weighted by Gasteiger charge is 2.32. The smallest absolute Gasteiger partial charge is 0.342 e. The van der Waals surface area contributed by atoms with Crippen LogP contribution in [0.4, 0.5) is 0 Å². The highest BCUT2D eigenvalue weighted by Crippen LogP contribution is 2.39. The second-order valence-corrected chi connectivity index (χ2v) is 13.9. The molecule has 0 saturated carbocycles. The first-order chi connectivity index (χ1) is 12.2. The van der Waals surface area contributed by atoms with E-state index in [0.29, 0.717) is 30.9 Å². The second-order valence-electron chi connectivity index (χ2n) is 8.27. The van der Waals surface area contributed by atoms with Crippen molar-refractivity contribution in [2.45, 2.75) is 65.9 Å². The predicted octanol–water partition coefficient (Wildman–Crippen LogP) is 4.43. The number of allylic oxidation sites excluding steroid dienone is 1. The van der Waals surface area contributed by atoms with Crippen LogP contribution >= 0.6 is 0 Å². The van der Waals surface area contributed by atoms with Gasteiger partial charge in [0.2, 0.25) is 0 Å². The van der Waals surface area contributed by atoms with E-state index in [9.17, 15) is 9.90 Å². The molecule has 0 aliphatic carbocycles. The van der Waals surface area contributed by atoms with Crippen LogP contribution in [0.15, 0.2) is 11.6 Å². The molecule has 2 rings (SSSR count). The van der Waals surface area contributed by atoms with Crippen molar-refractivity contribution < 1.29 is 19.4 Å². The average Bonchev–Trinajstić information content (AvgIpc) is 2.96. The van der Waals surface area contributed by atoms with Crippen LogP contribution < -0.4 is 4.74 Å². The molecule has 0 fully saturated rings. The third-order valence-corrected chi connectivity index (χ3v) is 6.68. The van der Waals surface area contributed by atoms with Crippen LogP contribution in [0.25, 0.3) is 0 Å². The lowest BCUT2D eigenvalue weighted by atomic mass is 9.89. The molecule has 5 heteroatoms. The Bertz CT molecular complexity index is 714. The molecule has 26 heavy (non-hydrogen) atoms. The molecule has 0 unspecified atom stereocenters. The van der Waals surface area contributed by atoms with Crippen LogP contribution in [0, 0.1) is 6.92 Å². The van der Waals surface area contributed by atoms with Gasteiger partial charge < -0.3 is 14.6 Å². The van der Waals surface area contributed by atoms with Crippen LogP contribution in [-0.4, -0.2) is 32.4 Å². The minimum Gasteiger partial charge on any atom is -0.493 e. The molecule has 0 amide bonds. The van der Waals surface area contributed by atoms with E-state index in [-0.39, 0.29) is 12.6 Å². The Labute approximate surface area is 158 Å². The van der Waals surface area contributed by atoms with Crippen LogP contribution in [-0.2, 0) is 24.2 Å². The summed E-state index contributed by atoms with van der Waals surface area (Å²) in [6.07, 6.45) is 3.55. The van der Waals surface area contributed by atoms with Crippen molar-refractivity contribution in [1.82, 2.24) is 0 Å². The maximum atomic E-state index is 12.4. The van der Waals surface area contributed by atoms with Gasteiger partial charge in [-0.2, -0.15) is 0 Å². The van der Waals surface area contributed by atoms with Gasteiger partial charge in [-0.05, 0) is 43.9 Å². The molecule has 1 aromatic rings. The maximum Gasteiger partial charge on any atom is 0.342 e. The summed E-state index contributed by atoms with van der Waals surface area (Å²) >= 11 is 0. The molecule has 1 aliphatic heterocycles. The standard InChI is InChI=1S/C21H32O4Si/c1-7-16-15(3)18-13-25-21(23)19(18)20(24-10-11-26(4,5)6)17(16)9-8-14(2)12-22/h8,22H,7,9-13H2,1-6H3. The first-order valence-corrected chi connectivity index (χ1v) is 13.1. The summed E-state index contributed by atoms with van der Waals surface area (Å²) in [6, 6.07) is 1.04. The summed E-state index contributed by atoms with van der Waals surface area (Å²) in [5, 5.41) is 9.32. The molecule has 0 saturated heterocycles. The minimum atomic E-state index is -1.23. The van der Waals surface area contributed by atoms with Gasteiger partial charge in [0.15, 0.2) is 0 Å². The molecule has 1 aromatic carbocycles. The number of ether oxygens (including phenoxy) is 2. The number of carbonyl (C=O) groups is 1. The SMILES string of the molecule is CCc1c(C)c2c(c(OCC[Si](C)(C)C)c1CC=C(C)CO)C(=O)OC2. The topological polar surface area (TPSA) is 55.8 Å². The zero-order valence-corrected chi connectivity index (χ0v) is 18.0. The minimum absolute atomic E-state index is 0.0409. The molecule has 0 spiro atoms. The highest BCUT2D eigenvalue weighted by molar-refractivity contribution is 6.76. The molecule has 144 valence electrons. The Morgan fingerprint density at radius 3 is 2.58 bits per heavy atom. The first-order valence-electron chi connectivity index (χ1n) is 9.43. The normalized spacial score (nSPS) is 14.4. The quantitative estimate of drug-likeness (QED) is 0.414. The van der Waals surface area contributed by atoms with Gasteiger partial charge in [0.1, 0.15) is 17.9 Å². The number of fused-ring (bicyclic) bond motifs is 1. The number of benzene rings is 1. The van der Waals surface area contributed by atoms with Crippen LogP contribution in [0.5, 0.6) is 5.75 Å². The summed E-state index contributed by atoms with van der Waals surface area (Å²) in [6.45, 7) is 14.1. The number of hydrogen-bond donors (Lipinski definition) is 1. The molecule has 1 aliphatic rings. The summed E-state index contributed by atoms with van der Waals surface area (Å²) < 4.78 is 11.6. The third-order valence-electron chi connectivity index (χ3n) is 4.98. The van der Waals surface area contributed by atoms with Crippen molar-refractivity contribution in [3.63, 3.8) is 0 Å². The molecule has 0 aromatic heterocycles. The fraction of sp³-hybridized carbons (Fsp3) is 0.571. The third kappa shape index (κ3) is 4.57. The molecule has 1 N–H and O–H groups in total. The lowest BCUT2D eigenvalue weighted by Gasteiger charge is -2.22. The summed E-state index contributed by atoms with van der Waals surface area (Å²) in [5.74, 6) is 0.419. The monoisotopic (exact) mass is 376 g/mol. The number of hydrogen-bond acceptors (Lipinski definition) is 4. The van der Waals surface area contributed by atoms with Gasteiger partial charge in [-0.25, -0.2) is 4.79 Å². The number of carbonyl (C=O) groups excluding carboxylic acids is 1. The molecule has 0 atom stereocenters. The zero-order valence-electron chi connectivity index (χ0n) is 17.0. The highest BCUT2D eigenvalue weighted by atomic mass is 28.3. The van der Waals surface area contributed by atoms with Crippen molar-refractivity contribution in [2.24, 2.45) is 0 Å². The van der Waals surface area contributed by atoms with E-state index < -0.39 is 8.07 Å². The van der Waals surface area contributed by atoms with Crippen molar-refractivity contribution in [1.29, 1.82) is 0 Å².